The molecule has 1 amide bonds. The van der Waals surface area contributed by atoms with E-state index in [2.05, 4.69) is 10.0 Å². The van der Waals surface area contributed by atoms with Gasteiger partial charge in [0.05, 0.1) is 27.5 Å². The second-order valence-corrected chi connectivity index (χ2v) is 11.0. The molecule has 0 spiro atoms. The number of carbonyl (C=O) groups excluding carboxylic acids is 1. The normalized spacial score (nSPS) is 11.6. The van der Waals surface area contributed by atoms with Crippen LogP contribution in [0.15, 0.2) is 77.7 Å². The number of benzene rings is 3. The number of sulfonamides is 2. The van der Waals surface area contributed by atoms with Crippen molar-refractivity contribution in [2.24, 2.45) is 0 Å². The zero-order chi connectivity index (χ0) is 23.5. The van der Waals surface area contributed by atoms with Gasteiger partial charge in [-0.2, -0.15) is 0 Å². The largest absolute Gasteiger partial charge is 0.322 e. The molecule has 0 aliphatic rings. The summed E-state index contributed by atoms with van der Waals surface area (Å²) in [5.74, 6) is -0.497. The number of hydrogen-bond acceptors (Lipinski definition) is 5. The second-order valence-electron chi connectivity index (χ2n) is 6.85. The number of anilines is 3. The number of nitrogens with zero attached hydrogens (tertiary/aromatic N) is 1. The Hall–Kier alpha value is -3.08. The number of amides is 1. The third kappa shape index (κ3) is 5.58. The first kappa shape index (κ1) is 23.6. The molecular formula is C21H20ClN3O5S2. The molecule has 0 saturated carbocycles. The topological polar surface area (TPSA) is 113 Å². The van der Waals surface area contributed by atoms with Crippen molar-refractivity contribution in [2.75, 3.05) is 27.6 Å². The second kappa shape index (κ2) is 9.19. The minimum Gasteiger partial charge on any atom is -0.322 e. The van der Waals surface area contributed by atoms with Gasteiger partial charge >= 0.3 is 0 Å². The van der Waals surface area contributed by atoms with Crippen LogP contribution in [0.3, 0.4) is 0 Å². The Morgan fingerprint density at radius 1 is 0.906 bits per heavy atom. The van der Waals surface area contributed by atoms with Crippen LogP contribution in [0.5, 0.6) is 0 Å². The van der Waals surface area contributed by atoms with Crippen molar-refractivity contribution in [2.45, 2.75) is 4.90 Å². The Morgan fingerprint density at radius 2 is 1.59 bits per heavy atom. The predicted molar refractivity (Wildman–Crippen MR) is 126 cm³/mol. The molecule has 168 valence electrons. The number of hydrogen-bond donors (Lipinski definition) is 2. The van der Waals surface area contributed by atoms with Gasteiger partial charge < -0.3 is 5.32 Å². The number of carbonyl (C=O) groups is 1. The lowest BCUT2D eigenvalue weighted by Crippen LogP contribution is -2.24. The molecule has 0 atom stereocenters. The van der Waals surface area contributed by atoms with Crippen molar-refractivity contribution in [1.82, 2.24) is 0 Å². The van der Waals surface area contributed by atoms with Gasteiger partial charge in [-0.05, 0) is 48.5 Å². The van der Waals surface area contributed by atoms with E-state index < -0.39 is 26.0 Å². The summed E-state index contributed by atoms with van der Waals surface area (Å²) in [5, 5.41) is 2.71. The lowest BCUT2D eigenvalue weighted by Gasteiger charge is -2.17. The highest BCUT2D eigenvalue weighted by Gasteiger charge is 2.17. The molecule has 0 saturated heterocycles. The van der Waals surface area contributed by atoms with Crippen molar-refractivity contribution in [3.05, 3.63) is 83.4 Å². The van der Waals surface area contributed by atoms with Crippen molar-refractivity contribution in [1.29, 1.82) is 0 Å². The molecule has 3 aromatic rings. The quantitative estimate of drug-likeness (QED) is 0.520. The molecule has 8 nitrogen and oxygen atoms in total. The van der Waals surface area contributed by atoms with Crippen molar-refractivity contribution >= 4 is 54.6 Å². The first-order chi connectivity index (χ1) is 15.0. The van der Waals surface area contributed by atoms with E-state index in [9.17, 15) is 21.6 Å². The molecule has 11 heteroatoms. The molecule has 0 bridgehead atoms. The fourth-order valence-corrected chi connectivity index (χ4v) is 4.60. The Labute approximate surface area is 191 Å². The third-order valence-corrected chi connectivity index (χ3v) is 7.39. The molecule has 0 radical (unpaired) electrons. The zero-order valence-corrected chi connectivity index (χ0v) is 19.5. The molecule has 3 aromatic carbocycles. The van der Waals surface area contributed by atoms with Gasteiger partial charge in [0, 0.05) is 18.3 Å². The highest BCUT2D eigenvalue weighted by atomic mass is 35.5. The first-order valence-electron chi connectivity index (χ1n) is 9.20. The minimum absolute atomic E-state index is 0.0442. The first-order valence-corrected chi connectivity index (χ1v) is 12.9. The van der Waals surface area contributed by atoms with E-state index in [1.54, 1.807) is 36.4 Å². The molecule has 0 aliphatic heterocycles. The van der Waals surface area contributed by atoms with Crippen LogP contribution in [0.25, 0.3) is 0 Å². The molecular weight excluding hydrogens is 474 g/mol. The maximum atomic E-state index is 12.6. The standard InChI is InChI=1S/C21H20ClN3O5S2/c1-25(31(2,27)28)17-8-6-7-16(14-17)23-21(26)15-11-12-20(19(22)13-15)24-32(29,30)18-9-4-3-5-10-18/h3-14,24H,1-2H3,(H,23,26). The zero-order valence-electron chi connectivity index (χ0n) is 17.1. The lowest BCUT2D eigenvalue weighted by atomic mass is 10.2. The maximum absolute atomic E-state index is 12.6. The molecule has 0 aliphatic carbocycles. The van der Waals surface area contributed by atoms with Crippen molar-refractivity contribution in [3.8, 4) is 0 Å². The van der Waals surface area contributed by atoms with Crippen molar-refractivity contribution < 1.29 is 21.6 Å². The Balaban J connectivity index is 1.77. The summed E-state index contributed by atoms with van der Waals surface area (Å²) in [6, 6.07) is 18.3. The molecule has 3 rings (SSSR count). The summed E-state index contributed by atoms with van der Waals surface area (Å²) < 4.78 is 51.9. The number of rotatable bonds is 7. The van der Waals surface area contributed by atoms with Gasteiger partial charge in [0.2, 0.25) is 10.0 Å². The predicted octanol–water partition coefficient (Wildman–Crippen LogP) is 3.79. The van der Waals surface area contributed by atoms with Gasteiger partial charge in [0.1, 0.15) is 0 Å². The molecule has 32 heavy (non-hydrogen) atoms. The molecule has 0 unspecified atom stereocenters. The van der Waals surface area contributed by atoms with Crippen LogP contribution in [-0.4, -0.2) is 36.0 Å². The van der Waals surface area contributed by atoms with Crippen LogP contribution in [0, 0.1) is 0 Å². The minimum atomic E-state index is -3.83. The van der Waals surface area contributed by atoms with Crippen LogP contribution >= 0.6 is 11.6 Å². The van der Waals surface area contributed by atoms with Crippen LogP contribution in [0.1, 0.15) is 10.4 Å². The van der Waals surface area contributed by atoms with Crippen LogP contribution in [-0.2, 0) is 20.0 Å². The molecule has 0 fully saturated rings. The van der Waals surface area contributed by atoms with E-state index >= 15 is 0 Å². The van der Waals surface area contributed by atoms with Gasteiger partial charge in [0.25, 0.3) is 15.9 Å². The van der Waals surface area contributed by atoms with Gasteiger partial charge in [-0.1, -0.05) is 35.9 Å². The summed E-state index contributed by atoms with van der Waals surface area (Å²) in [5.41, 5.74) is 1.09. The Bertz CT molecular complexity index is 1360. The highest BCUT2D eigenvalue weighted by Crippen LogP contribution is 2.27. The van der Waals surface area contributed by atoms with E-state index in [0.29, 0.717) is 11.4 Å². The molecule has 0 aromatic heterocycles. The number of halogens is 1. The smallest absolute Gasteiger partial charge is 0.261 e. The average molecular weight is 494 g/mol. The summed E-state index contributed by atoms with van der Waals surface area (Å²) in [6.07, 6.45) is 1.08. The monoisotopic (exact) mass is 493 g/mol. The van der Waals surface area contributed by atoms with Crippen LogP contribution in [0.2, 0.25) is 5.02 Å². The van der Waals surface area contributed by atoms with Crippen LogP contribution in [0.4, 0.5) is 17.1 Å². The SMILES string of the molecule is CN(c1cccc(NC(=O)c2ccc(NS(=O)(=O)c3ccccc3)c(Cl)c2)c1)S(C)(=O)=O. The fourth-order valence-electron chi connectivity index (χ4n) is 2.72. The van der Waals surface area contributed by atoms with Crippen LogP contribution < -0.4 is 14.3 Å². The summed E-state index contributed by atoms with van der Waals surface area (Å²) in [7, 11) is -5.87. The summed E-state index contributed by atoms with van der Waals surface area (Å²) >= 11 is 6.21. The van der Waals surface area contributed by atoms with Gasteiger partial charge in [-0.25, -0.2) is 16.8 Å². The Kier molecular flexibility index (Phi) is 6.77. The van der Waals surface area contributed by atoms with E-state index in [4.69, 9.17) is 11.6 Å². The average Bonchev–Trinajstić information content (AvgIpc) is 2.74. The van der Waals surface area contributed by atoms with Crippen molar-refractivity contribution in [3.63, 3.8) is 0 Å². The van der Waals surface area contributed by atoms with E-state index in [1.165, 1.54) is 43.4 Å². The summed E-state index contributed by atoms with van der Waals surface area (Å²) in [6.45, 7) is 0. The maximum Gasteiger partial charge on any atom is 0.261 e. The van der Waals surface area contributed by atoms with Gasteiger partial charge in [-0.3, -0.25) is 13.8 Å². The summed E-state index contributed by atoms with van der Waals surface area (Å²) in [4.78, 5) is 12.7. The molecule has 0 heterocycles. The molecule has 2 N–H and O–H groups in total. The highest BCUT2D eigenvalue weighted by molar-refractivity contribution is 7.92. The fraction of sp³-hybridized carbons (Fsp3) is 0.0952. The lowest BCUT2D eigenvalue weighted by molar-refractivity contribution is 0.102. The third-order valence-electron chi connectivity index (χ3n) is 4.49. The number of nitrogens with one attached hydrogen (secondary N) is 2. The van der Waals surface area contributed by atoms with Gasteiger partial charge in [0.15, 0.2) is 0 Å². The van der Waals surface area contributed by atoms with E-state index in [0.717, 1.165) is 10.6 Å². The Morgan fingerprint density at radius 3 is 2.22 bits per heavy atom. The van der Waals surface area contributed by atoms with E-state index in [-0.39, 0.29) is 21.2 Å². The van der Waals surface area contributed by atoms with E-state index in [1.807, 2.05) is 0 Å². The van der Waals surface area contributed by atoms with Gasteiger partial charge in [-0.15, -0.1) is 0 Å².